The molecule has 0 aliphatic carbocycles. The van der Waals surface area contributed by atoms with Gasteiger partial charge in [-0.05, 0) is 26.8 Å². The maximum atomic E-state index is 12.0. The van der Waals surface area contributed by atoms with Gasteiger partial charge < -0.3 is 4.90 Å². The van der Waals surface area contributed by atoms with Crippen LogP contribution in [-0.2, 0) is 4.79 Å². The van der Waals surface area contributed by atoms with Gasteiger partial charge in [0.05, 0.1) is 0 Å². The molecule has 2 atom stereocenters. The molecule has 0 saturated carbocycles. The molecule has 0 aromatic carbocycles. The summed E-state index contributed by atoms with van der Waals surface area (Å²) in [6, 6.07) is 0.810. The summed E-state index contributed by atoms with van der Waals surface area (Å²) in [6.07, 6.45) is 0.681. The Morgan fingerprint density at radius 2 is 1.87 bits per heavy atom. The van der Waals surface area contributed by atoms with Crippen molar-refractivity contribution in [1.82, 2.24) is 9.80 Å². The lowest BCUT2D eigenvalue weighted by Gasteiger charge is -2.43. The van der Waals surface area contributed by atoms with E-state index in [1.54, 1.807) is 0 Å². The van der Waals surface area contributed by atoms with Crippen LogP contribution in [0.5, 0.6) is 0 Å². The molecule has 0 N–H and O–H groups in total. The lowest BCUT2D eigenvalue weighted by molar-refractivity contribution is -0.137. The highest BCUT2D eigenvalue weighted by molar-refractivity contribution is 5.76. The van der Waals surface area contributed by atoms with E-state index in [0.717, 1.165) is 13.1 Å². The Hall–Kier alpha value is -0.570. The maximum Gasteiger partial charge on any atom is 0.223 e. The Labute approximate surface area is 93.4 Å². The zero-order valence-corrected chi connectivity index (χ0v) is 10.7. The second-order valence-electron chi connectivity index (χ2n) is 5.15. The van der Waals surface area contributed by atoms with Gasteiger partial charge in [-0.15, -0.1) is 0 Å². The summed E-state index contributed by atoms with van der Waals surface area (Å²) in [5.74, 6) is 0.775. The molecule has 1 aliphatic rings. The fraction of sp³-hybridized carbons (Fsp3) is 0.917. The molecule has 0 aromatic rings. The molecule has 1 saturated heterocycles. The number of hydrogen-bond donors (Lipinski definition) is 0. The molecule has 1 heterocycles. The van der Waals surface area contributed by atoms with Gasteiger partial charge in [-0.2, -0.15) is 0 Å². The smallest absolute Gasteiger partial charge is 0.223 e. The van der Waals surface area contributed by atoms with Crippen LogP contribution in [0.4, 0.5) is 0 Å². The Balaban J connectivity index is 2.59. The molecular weight excluding hydrogens is 188 g/mol. The third-order valence-electron chi connectivity index (χ3n) is 3.48. The predicted molar refractivity (Wildman–Crippen MR) is 62.7 cm³/mol. The van der Waals surface area contributed by atoms with Gasteiger partial charge in [-0.1, -0.05) is 13.8 Å². The second-order valence-corrected chi connectivity index (χ2v) is 5.15. The van der Waals surface area contributed by atoms with Crippen molar-refractivity contribution >= 4 is 5.91 Å². The number of carbonyl (C=O) groups is 1. The average molecular weight is 212 g/mol. The van der Waals surface area contributed by atoms with Crippen molar-refractivity contribution in [3.63, 3.8) is 0 Å². The minimum atomic E-state index is 0.317. The third kappa shape index (κ3) is 2.94. The van der Waals surface area contributed by atoms with E-state index in [9.17, 15) is 4.79 Å². The first-order valence-electron chi connectivity index (χ1n) is 5.93. The third-order valence-corrected chi connectivity index (χ3v) is 3.48. The lowest BCUT2D eigenvalue weighted by atomic mass is 10.0. The van der Waals surface area contributed by atoms with E-state index < -0.39 is 0 Å². The Morgan fingerprint density at radius 1 is 1.27 bits per heavy atom. The standard InChI is InChI=1S/C12H24N2O/c1-9(2)8-12(15)14-7-6-13(5)10(3)11(14)4/h9-11H,6-8H2,1-5H3. The first-order chi connectivity index (χ1) is 6.93. The summed E-state index contributed by atoms with van der Waals surface area (Å²) in [6.45, 7) is 10.4. The van der Waals surface area contributed by atoms with Crippen molar-refractivity contribution < 1.29 is 4.79 Å². The van der Waals surface area contributed by atoms with Crippen LogP contribution in [0, 0.1) is 5.92 Å². The van der Waals surface area contributed by atoms with Gasteiger partial charge >= 0.3 is 0 Å². The molecule has 3 nitrogen and oxygen atoms in total. The zero-order valence-electron chi connectivity index (χ0n) is 10.7. The number of hydrogen-bond acceptors (Lipinski definition) is 2. The molecular formula is C12H24N2O. The van der Waals surface area contributed by atoms with Gasteiger partial charge in [0.1, 0.15) is 0 Å². The van der Waals surface area contributed by atoms with Crippen molar-refractivity contribution in [2.24, 2.45) is 5.92 Å². The van der Waals surface area contributed by atoms with E-state index in [-0.39, 0.29) is 0 Å². The molecule has 88 valence electrons. The van der Waals surface area contributed by atoms with Gasteiger partial charge in [0.25, 0.3) is 0 Å². The van der Waals surface area contributed by atoms with Crippen molar-refractivity contribution in [2.45, 2.75) is 46.2 Å². The molecule has 3 heteroatoms. The number of likely N-dealkylation sites (N-methyl/N-ethyl adjacent to an activating group) is 1. The van der Waals surface area contributed by atoms with Crippen molar-refractivity contribution in [3.05, 3.63) is 0 Å². The second kappa shape index (κ2) is 4.97. The van der Waals surface area contributed by atoms with Gasteiger partial charge in [-0.3, -0.25) is 9.69 Å². The van der Waals surface area contributed by atoms with Gasteiger partial charge in [0.2, 0.25) is 5.91 Å². The molecule has 0 bridgehead atoms. The van der Waals surface area contributed by atoms with Crippen molar-refractivity contribution in [2.75, 3.05) is 20.1 Å². The topological polar surface area (TPSA) is 23.6 Å². The van der Waals surface area contributed by atoms with Gasteiger partial charge in [0, 0.05) is 31.6 Å². The lowest BCUT2D eigenvalue weighted by Crippen LogP contribution is -2.57. The number of rotatable bonds is 2. The van der Waals surface area contributed by atoms with Crippen LogP contribution in [0.1, 0.15) is 34.1 Å². The number of amides is 1. The van der Waals surface area contributed by atoms with Crippen LogP contribution in [0.3, 0.4) is 0 Å². The van der Waals surface area contributed by atoms with E-state index in [2.05, 4.69) is 39.6 Å². The average Bonchev–Trinajstić information content (AvgIpc) is 2.13. The highest BCUT2D eigenvalue weighted by Gasteiger charge is 2.31. The van der Waals surface area contributed by atoms with Crippen LogP contribution >= 0.6 is 0 Å². The molecule has 0 aromatic heterocycles. The summed E-state index contributed by atoms with van der Waals surface area (Å²) in [4.78, 5) is 16.3. The fourth-order valence-corrected chi connectivity index (χ4v) is 2.12. The molecule has 1 rings (SSSR count). The van der Waals surface area contributed by atoms with E-state index in [0.29, 0.717) is 30.3 Å². The molecule has 0 spiro atoms. The minimum absolute atomic E-state index is 0.317. The first-order valence-corrected chi connectivity index (χ1v) is 5.93. The summed E-state index contributed by atoms with van der Waals surface area (Å²) in [7, 11) is 2.13. The fourth-order valence-electron chi connectivity index (χ4n) is 2.12. The van der Waals surface area contributed by atoms with Crippen LogP contribution in [0.2, 0.25) is 0 Å². The Bertz CT molecular complexity index is 228. The van der Waals surface area contributed by atoms with Crippen LogP contribution in [0.25, 0.3) is 0 Å². The van der Waals surface area contributed by atoms with Crippen LogP contribution in [-0.4, -0.2) is 47.9 Å². The van der Waals surface area contributed by atoms with Crippen LogP contribution < -0.4 is 0 Å². The Kier molecular flexibility index (Phi) is 4.14. The SMILES string of the molecule is CC(C)CC(=O)N1CCN(C)C(C)C1C. The highest BCUT2D eigenvalue weighted by atomic mass is 16.2. The maximum absolute atomic E-state index is 12.0. The monoisotopic (exact) mass is 212 g/mol. The summed E-state index contributed by atoms with van der Waals surface area (Å²) < 4.78 is 0. The zero-order chi connectivity index (χ0) is 11.6. The number of carbonyl (C=O) groups excluding carboxylic acids is 1. The first kappa shape index (κ1) is 12.5. The van der Waals surface area contributed by atoms with E-state index >= 15 is 0 Å². The molecule has 15 heavy (non-hydrogen) atoms. The number of nitrogens with zero attached hydrogens (tertiary/aromatic N) is 2. The van der Waals surface area contributed by atoms with Crippen molar-refractivity contribution in [3.8, 4) is 0 Å². The predicted octanol–water partition coefficient (Wildman–Crippen LogP) is 1.58. The Morgan fingerprint density at radius 3 is 2.40 bits per heavy atom. The molecule has 0 radical (unpaired) electrons. The van der Waals surface area contributed by atoms with Crippen molar-refractivity contribution in [1.29, 1.82) is 0 Å². The minimum Gasteiger partial charge on any atom is -0.337 e. The molecule has 1 aliphatic heterocycles. The summed E-state index contributed by atoms with van der Waals surface area (Å²) in [5.41, 5.74) is 0. The van der Waals surface area contributed by atoms with E-state index in [1.165, 1.54) is 0 Å². The largest absolute Gasteiger partial charge is 0.337 e. The molecule has 1 amide bonds. The normalized spacial score (nSPS) is 28.5. The number of piperazine rings is 1. The van der Waals surface area contributed by atoms with E-state index in [1.807, 2.05) is 4.90 Å². The molecule has 1 fully saturated rings. The van der Waals surface area contributed by atoms with E-state index in [4.69, 9.17) is 0 Å². The van der Waals surface area contributed by atoms with Crippen LogP contribution in [0.15, 0.2) is 0 Å². The van der Waals surface area contributed by atoms with Gasteiger partial charge in [0.15, 0.2) is 0 Å². The summed E-state index contributed by atoms with van der Waals surface area (Å²) in [5, 5.41) is 0. The van der Waals surface area contributed by atoms with Gasteiger partial charge in [-0.25, -0.2) is 0 Å². The highest BCUT2D eigenvalue weighted by Crippen LogP contribution is 2.17. The molecule has 2 unspecified atom stereocenters. The summed E-state index contributed by atoms with van der Waals surface area (Å²) >= 11 is 0. The quantitative estimate of drug-likeness (QED) is 0.694.